The van der Waals surface area contributed by atoms with Crippen LogP contribution in [0.5, 0.6) is 0 Å². The number of rotatable bonds is 2. The molecule has 0 aliphatic carbocycles. The molecule has 4 aromatic rings. The normalized spacial score (nSPS) is 11.2. The Morgan fingerprint density at radius 1 is 1.14 bits per heavy atom. The van der Waals surface area contributed by atoms with Crippen molar-refractivity contribution in [3.05, 3.63) is 54.5 Å². The van der Waals surface area contributed by atoms with Crippen LogP contribution in [0.3, 0.4) is 0 Å². The van der Waals surface area contributed by atoms with Crippen molar-refractivity contribution in [2.75, 3.05) is 0 Å². The van der Waals surface area contributed by atoms with E-state index in [0.717, 1.165) is 11.1 Å². The second-order valence-electron chi connectivity index (χ2n) is 4.56. The van der Waals surface area contributed by atoms with Crippen LogP contribution in [0.15, 0.2) is 48.9 Å². The SMILES string of the molecule is O=C(O)c1ccc2nnc(-c3cnn4ccccc34)n2c1. The van der Waals surface area contributed by atoms with E-state index in [2.05, 4.69) is 15.3 Å². The van der Waals surface area contributed by atoms with Gasteiger partial charge in [-0.2, -0.15) is 5.10 Å². The standard InChI is InChI=1S/C14H9N5O2/c20-14(21)9-4-5-12-16-17-13(18(12)8-9)10-7-15-19-6-2-1-3-11(10)19/h1-8H,(H,20,21). The predicted molar refractivity (Wildman–Crippen MR) is 74.1 cm³/mol. The highest BCUT2D eigenvalue weighted by Crippen LogP contribution is 2.23. The maximum atomic E-state index is 11.1. The number of carbonyl (C=O) groups is 1. The molecule has 0 radical (unpaired) electrons. The van der Waals surface area contributed by atoms with E-state index in [0.29, 0.717) is 11.5 Å². The van der Waals surface area contributed by atoms with Gasteiger partial charge < -0.3 is 5.11 Å². The largest absolute Gasteiger partial charge is 0.478 e. The third kappa shape index (κ3) is 1.68. The molecule has 0 aromatic carbocycles. The van der Waals surface area contributed by atoms with Gasteiger partial charge in [-0.1, -0.05) is 6.07 Å². The average molecular weight is 279 g/mol. The molecule has 0 fully saturated rings. The Kier molecular flexibility index (Phi) is 2.28. The summed E-state index contributed by atoms with van der Waals surface area (Å²) >= 11 is 0. The summed E-state index contributed by atoms with van der Waals surface area (Å²) in [4.78, 5) is 11.1. The van der Waals surface area contributed by atoms with E-state index in [4.69, 9.17) is 5.11 Å². The van der Waals surface area contributed by atoms with Gasteiger partial charge in [0.2, 0.25) is 0 Å². The predicted octanol–water partition coefficient (Wildman–Crippen LogP) is 1.74. The molecule has 0 aliphatic rings. The number of hydrogen-bond acceptors (Lipinski definition) is 4. The fourth-order valence-electron chi connectivity index (χ4n) is 2.31. The first-order valence-electron chi connectivity index (χ1n) is 6.25. The summed E-state index contributed by atoms with van der Waals surface area (Å²) in [5.41, 5.74) is 2.45. The van der Waals surface area contributed by atoms with Crippen LogP contribution in [0, 0.1) is 0 Å². The first kappa shape index (κ1) is 11.6. The van der Waals surface area contributed by atoms with Crippen LogP contribution in [0.2, 0.25) is 0 Å². The summed E-state index contributed by atoms with van der Waals surface area (Å²) in [6, 6.07) is 8.85. The van der Waals surface area contributed by atoms with Crippen molar-refractivity contribution in [2.45, 2.75) is 0 Å². The Bertz CT molecular complexity index is 985. The maximum Gasteiger partial charge on any atom is 0.337 e. The Hall–Kier alpha value is -3.22. The minimum Gasteiger partial charge on any atom is -0.478 e. The summed E-state index contributed by atoms with van der Waals surface area (Å²) in [5.74, 6) is -0.425. The number of pyridine rings is 2. The van der Waals surface area contributed by atoms with Gasteiger partial charge in [-0.05, 0) is 24.3 Å². The first-order valence-corrected chi connectivity index (χ1v) is 6.25. The van der Waals surface area contributed by atoms with Gasteiger partial charge in [-0.3, -0.25) is 4.40 Å². The van der Waals surface area contributed by atoms with Crippen molar-refractivity contribution in [3.8, 4) is 11.4 Å². The molecule has 0 spiro atoms. The van der Waals surface area contributed by atoms with Crippen LogP contribution >= 0.6 is 0 Å². The number of carboxylic acids is 1. The van der Waals surface area contributed by atoms with E-state index in [1.807, 2.05) is 24.4 Å². The molecule has 0 aliphatic heterocycles. The number of hydrogen-bond donors (Lipinski definition) is 1. The molecular weight excluding hydrogens is 270 g/mol. The van der Waals surface area contributed by atoms with Gasteiger partial charge >= 0.3 is 5.97 Å². The fourth-order valence-corrected chi connectivity index (χ4v) is 2.31. The topological polar surface area (TPSA) is 84.8 Å². The monoisotopic (exact) mass is 279 g/mol. The zero-order valence-corrected chi connectivity index (χ0v) is 10.7. The molecule has 7 nitrogen and oxygen atoms in total. The quantitative estimate of drug-likeness (QED) is 0.604. The molecule has 0 atom stereocenters. The van der Waals surface area contributed by atoms with Crippen molar-refractivity contribution in [1.29, 1.82) is 0 Å². The van der Waals surface area contributed by atoms with E-state index < -0.39 is 5.97 Å². The minimum atomic E-state index is -0.989. The third-order valence-corrected chi connectivity index (χ3v) is 3.32. The van der Waals surface area contributed by atoms with Gasteiger partial charge in [-0.15, -0.1) is 10.2 Å². The van der Waals surface area contributed by atoms with E-state index in [-0.39, 0.29) is 5.56 Å². The number of carboxylic acid groups (broad SMARTS) is 1. The zero-order valence-electron chi connectivity index (χ0n) is 10.7. The van der Waals surface area contributed by atoms with E-state index >= 15 is 0 Å². The molecule has 21 heavy (non-hydrogen) atoms. The van der Waals surface area contributed by atoms with Crippen molar-refractivity contribution in [3.63, 3.8) is 0 Å². The molecule has 0 bridgehead atoms. The average Bonchev–Trinajstić information content (AvgIpc) is 3.09. The molecule has 4 aromatic heterocycles. The molecular formula is C14H9N5O2. The second-order valence-corrected chi connectivity index (χ2v) is 4.56. The lowest BCUT2D eigenvalue weighted by Crippen LogP contribution is -1.99. The molecule has 0 saturated carbocycles. The van der Waals surface area contributed by atoms with Crippen LogP contribution in [-0.4, -0.2) is 35.3 Å². The summed E-state index contributed by atoms with van der Waals surface area (Å²) in [5, 5.41) is 21.6. The minimum absolute atomic E-state index is 0.181. The summed E-state index contributed by atoms with van der Waals surface area (Å²) in [6.45, 7) is 0. The highest BCUT2D eigenvalue weighted by molar-refractivity contribution is 5.88. The van der Waals surface area contributed by atoms with Crippen molar-refractivity contribution in [1.82, 2.24) is 24.2 Å². The highest BCUT2D eigenvalue weighted by atomic mass is 16.4. The van der Waals surface area contributed by atoms with Gasteiger partial charge in [0.15, 0.2) is 11.5 Å². The molecule has 0 unspecified atom stereocenters. The smallest absolute Gasteiger partial charge is 0.337 e. The zero-order chi connectivity index (χ0) is 14.4. The molecule has 1 N–H and O–H groups in total. The van der Waals surface area contributed by atoms with Crippen LogP contribution in [0.25, 0.3) is 22.6 Å². The molecule has 102 valence electrons. The van der Waals surface area contributed by atoms with Gasteiger partial charge in [0.1, 0.15) is 0 Å². The summed E-state index contributed by atoms with van der Waals surface area (Å²) in [6.07, 6.45) is 5.05. The Labute approximate surface area is 118 Å². The number of aromatic nitrogens is 5. The van der Waals surface area contributed by atoms with Crippen molar-refractivity contribution < 1.29 is 9.90 Å². The highest BCUT2D eigenvalue weighted by Gasteiger charge is 2.14. The molecule has 4 rings (SSSR count). The Morgan fingerprint density at radius 3 is 2.90 bits per heavy atom. The number of aromatic carboxylic acids is 1. The Morgan fingerprint density at radius 2 is 2.05 bits per heavy atom. The third-order valence-electron chi connectivity index (χ3n) is 3.32. The lowest BCUT2D eigenvalue weighted by atomic mass is 10.2. The van der Waals surface area contributed by atoms with Gasteiger partial charge in [-0.25, -0.2) is 9.31 Å². The molecule has 0 amide bonds. The molecule has 4 heterocycles. The first-order chi connectivity index (χ1) is 10.2. The van der Waals surface area contributed by atoms with Crippen molar-refractivity contribution >= 4 is 17.1 Å². The van der Waals surface area contributed by atoms with Crippen LogP contribution in [0.1, 0.15) is 10.4 Å². The maximum absolute atomic E-state index is 11.1. The molecule has 7 heteroatoms. The van der Waals surface area contributed by atoms with Crippen molar-refractivity contribution in [2.24, 2.45) is 0 Å². The van der Waals surface area contributed by atoms with E-state index in [1.165, 1.54) is 12.3 Å². The lowest BCUT2D eigenvalue weighted by Gasteiger charge is -2.00. The van der Waals surface area contributed by atoms with E-state index in [9.17, 15) is 4.79 Å². The summed E-state index contributed by atoms with van der Waals surface area (Å²) < 4.78 is 3.39. The fraction of sp³-hybridized carbons (Fsp3) is 0. The van der Waals surface area contributed by atoms with Gasteiger partial charge in [0.05, 0.1) is 22.8 Å². The second kappa shape index (κ2) is 4.14. The van der Waals surface area contributed by atoms with Gasteiger partial charge in [0, 0.05) is 12.4 Å². The van der Waals surface area contributed by atoms with E-state index in [1.54, 1.807) is 21.2 Å². The Balaban J connectivity index is 2.02. The lowest BCUT2D eigenvalue weighted by molar-refractivity contribution is 0.0696. The van der Waals surface area contributed by atoms with Gasteiger partial charge in [0.25, 0.3) is 0 Å². The number of fused-ring (bicyclic) bond motifs is 2. The van der Waals surface area contributed by atoms with Crippen LogP contribution < -0.4 is 0 Å². The summed E-state index contributed by atoms with van der Waals surface area (Å²) in [7, 11) is 0. The van der Waals surface area contributed by atoms with Crippen LogP contribution in [0.4, 0.5) is 0 Å². The number of nitrogens with zero attached hydrogens (tertiary/aromatic N) is 5. The van der Waals surface area contributed by atoms with Crippen LogP contribution in [-0.2, 0) is 0 Å². The molecule has 0 saturated heterocycles.